The van der Waals surface area contributed by atoms with Gasteiger partial charge in [0.25, 0.3) is 0 Å². The summed E-state index contributed by atoms with van der Waals surface area (Å²) in [5.41, 5.74) is 2.12. The molecule has 0 spiro atoms. The Bertz CT molecular complexity index is 464. The molecule has 1 aromatic carbocycles. The van der Waals surface area contributed by atoms with E-state index in [0.717, 1.165) is 37.2 Å². The smallest absolute Gasteiger partial charge is 0.242 e. The second-order valence-corrected chi connectivity index (χ2v) is 5.15. The number of nitrogens with one attached hydrogen (secondary N) is 2. The molecule has 0 radical (unpaired) electrons. The maximum absolute atomic E-state index is 12.0. The maximum atomic E-state index is 12.0. The van der Waals surface area contributed by atoms with Gasteiger partial charge in [-0.3, -0.25) is 4.79 Å². The molecular weight excluding hydrogens is 262 g/mol. The third-order valence-corrected chi connectivity index (χ3v) is 3.83. The number of likely N-dealkylation sites (N-methyl/N-ethyl adjacent to an activating group) is 1. The van der Waals surface area contributed by atoms with Crippen molar-refractivity contribution in [1.82, 2.24) is 10.6 Å². The number of halogens is 1. The molecule has 1 fully saturated rings. The summed E-state index contributed by atoms with van der Waals surface area (Å²) in [4.78, 5) is 14.1. The average Bonchev–Trinajstić information content (AvgIpc) is 2.87. The Hall–Kier alpha value is -1.26. The highest BCUT2D eigenvalue weighted by Gasteiger charge is 2.32. The second kappa shape index (κ2) is 6.26. The van der Waals surface area contributed by atoms with Gasteiger partial charge in [0.05, 0.1) is 10.7 Å². The number of para-hydroxylation sites is 1. The zero-order valence-electron chi connectivity index (χ0n) is 11.4. The van der Waals surface area contributed by atoms with Crippen molar-refractivity contribution < 1.29 is 4.79 Å². The molecule has 1 amide bonds. The second-order valence-electron chi connectivity index (χ2n) is 4.74. The fourth-order valence-electron chi connectivity index (χ4n) is 2.69. The first-order valence-electron chi connectivity index (χ1n) is 6.59. The van der Waals surface area contributed by atoms with Crippen LogP contribution in [0, 0.1) is 0 Å². The summed E-state index contributed by atoms with van der Waals surface area (Å²) >= 11 is 6.36. The third-order valence-electron chi connectivity index (χ3n) is 3.53. The van der Waals surface area contributed by atoms with Gasteiger partial charge in [0.1, 0.15) is 6.04 Å². The van der Waals surface area contributed by atoms with Crippen LogP contribution in [0.25, 0.3) is 0 Å². The lowest BCUT2D eigenvalue weighted by Crippen LogP contribution is -2.42. The number of rotatable bonds is 4. The predicted octanol–water partition coefficient (Wildman–Crippen LogP) is 1.77. The van der Waals surface area contributed by atoms with E-state index in [2.05, 4.69) is 21.6 Å². The van der Waals surface area contributed by atoms with Gasteiger partial charge >= 0.3 is 0 Å². The van der Waals surface area contributed by atoms with E-state index in [0.29, 0.717) is 5.02 Å². The van der Waals surface area contributed by atoms with Crippen LogP contribution < -0.4 is 15.5 Å². The van der Waals surface area contributed by atoms with Crippen molar-refractivity contribution in [3.05, 3.63) is 28.8 Å². The van der Waals surface area contributed by atoms with E-state index in [1.54, 1.807) is 7.05 Å². The third kappa shape index (κ3) is 2.85. The standard InChI is InChI=1S/C14H20ClN3O/c1-16-9-10-5-3-6-11(15)13(10)18-8-4-7-12(18)14(19)17-2/h3,5-6,12,16H,4,7-9H2,1-2H3,(H,17,19). The molecule has 4 nitrogen and oxygen atoms in total. The molecule has 1 atom stereocenters. The molecular formula is C14H20ClN3O. The van der Waals surface area contributed by atoms with Crippen molar-refractivity contribution >= 4 is 23.2 Å². The Morgan fingerprint density at radius 1 is 1.47 bits per heavy atom. The number of hydrogen-bond donors (Lipinski definition) is 2. The molecule has 0 aliphatic carbocycles. The Morgan fingerprint density at radius 2 is 2.26 bits per heavy atom. The fraction of sp³-hybridized carbons (Fsp3) is 0.500. The molecule has 1 unspecified atom stereocenters. The van der Waals surface area contributed by atoms with Crippen LogP contribution in [-0.2, 0) is 11.3 Å². The molecule has 0 saturated carbocycles. The van der Waals surface area contributed by atoms with Crippen LogP contribution >= 0.6 is 11.6 Å². The van der Waals surface area contributed by atoms with Crippen LogP contribution in [0.2, 0.25) is 5.02 Å². The largest absolute Gasteiger partial charge is 0.358 e. The van der Waals surface area contributed by atoms with E-state index in [4.69, 9.17) is 11.6 Å². The number of hydrogen-bond acceptors (Lipinski definition) is 3. The lowest BCUT2D eigenvalue weighted by atomic mass is 10.1. The molecule has 5 heteroatoms. The van der Waals surface area contributed by atoms with Gasteiger partial charge in [-0.2, -0.15) is 0 Å². The minimum absolute atomic E-state index is 0.0628. The molecule has 1 aliphatic heterocycles. The molecule has 1 aromatic rings. The summed E-state index contributed by atoms with van der Waals surface area (Å²) in [7, 11) is 3.59. The van der Waals surface area contributed by atoms with E-state index in [-0.39, 0.29) is 11.9 Å². The fourth-order valence-corrected chi connectivity index (χ4v) is 2.99. The highest BCUT2D eigenvalue weighted by atomic mass is 35.5. The van der Waals surface area contributed by atoms with Crippen molar-refractivity contribution in [3.8, 4) is 0 Å². The summed E-state index contributed by atoms with van der Waals surface area (Å²) in [5.74, 6) is 0.0628. The molecule has 104 valence electrons. The summed E-state index contributed by atoms with van der Waals surface area (Å²) in [6.07, 6.45) is 1.90. The first-order chi connectivity index (χ1) is 9.19. The van der Waals surface area contributed by atoms with E-state index in [1.807, 2.05) is 19.2 Å². The molecule has 2 rings (SSSR count). The lowest BCUT2D eigenvalue weighted by Gasteiger charge is -2.28. The van der Waals surface area contributed by atoms with Gasteiger partial charge in [-0.15, -0.1) is 0 Å². The van der Waals surface area contributed by atoms with Gasteiger partial charge in [0.2, 0.25) is 5.91 Å². The summed E-state index contributed by atoms with van der Waals surface area (Å²) in [6.45, 7) is 1.62. The minimum atomic E-state index is -0.111. The molecule has 0 aromatic heterocycles. The number of carbonyl (C=O) groups excluding carboxylic acids is 1. The first kappa shape index (κ1) is 14.2. The van der Waals surface area contributed by atoms with Crippen LogP contribution in [0.1, 0.15) is 18.4 Å². The zero-order valence-corrected chi connectivity index (χ0v) is 12.1. The van der Waals surface area contributed by atoms with Gasteiger partial charge in [-0.1, -0.05) is 23.7 Å². The van der Waals surface area contributed by atoms with Crippen LogP contribution in [0.5, 0.6) is 0 Å². The summed E-state index contributed by atoms with van der Waals surface area (Å²) in [6, 6.07) is 5.77. The molecule has 1 heterocycles. The summed E-state index contributed by atoms with van der Waals surface area (Å²) < 4.78 is 0. The predicted molar refractivity (Wildman–Crippen MR) is 78.7 cm³/mol. The van der Waals surface area contributed by atoms with Gasteiger partial charge in [0.15, 0.2) is 0 Å². The van der Waals surface area contributed by atoms with Gasteiger partial charge < -0.3 is 15.5 Å². The average molecular weight is 282 g/mol. The molecule has 0 bridgehead atoms. The Labute approximate surface area is 119 Å². The number of benzene rings is 1. The molecule has 19 heavy (non-hydrogen) atoms. The Morgan fingerprint density at radius 3 is 2.95 bits per heavy atom. The number of anilines is 1. The van der Waals surface area contributed by atoms with E-state index >= 15 is 0 Å². The first-order valence-corrected chi connectivity index (χ1v) is 6.97. The highest BCUT2D eigenvalue weighted by molar-refractivity contribution is 6.33. The van der Waals surface area contributed by atoms with Crippen molar-refractivity contribution in [2.24, 2.45) is 0 Å². The van der Waals surface area contributed by atoms with Crippen LogP contribution in [0.3, 0.4) is 0 Å². The molecule has 1 aliphatic rings. The minimum Gasteiger partial charge on any atom is -0.358 e. The Balaban J connectivity index is 2.37. The highest BCUT2D eigenvalue weighted by Crippen LogP contribution is 2.35. The monoisotopic (exact) mass is 281 g/mol. The van der Waals surface area contributed by atoms with Crippen molar-refractivity contribution in [3.63, 3.8) is 0 Å². The topological polar surface area (TPSA) is 44.4 Å². The van der Waals surface area contributed by atoms with Crippen molar-refractivity contribution in [1.29, 1.82) is 0 Å². The summed E-state index contributed by atoms with van der Waals surface area (Å²) in [5, 5.41) is 6.60. The van der Waals surface area contributed by atoms with E-state index in [1.165, 1.54) is 0 Å². The number of nitrogens with zero attached hydrogens (tertiary/aromatic N) is 1. The molecule has 2 N–H and O–H groups in total. The quantitative estimate of drug-likeness (QED) is 0.884. The van der Waals surface area contributed by atoms with Gasteiger partial charge in [-0.25, -0.2) is 0 Å². The van der Waals surface area contributed by atoms with Gasteiger partial charge in [-0.05, 0) is 31.5 Å². The van der Waals surface area contributed by atoms with E-state index < -0.39 is 0 Å². The van der Waals surface area contributed by atoms with Crippen LogP contribution in [0.4, 0.5) is 5.69 Å². The zero-order chi connectivity index (χ0) is 13.8. The van der Waals surface area contributed by atoms with Crippen LogP contribution in [-0.4, -0.2) is 32.6 Å². The van der Waals surface area contributed by atoms with E-state index in [9.17, 15) is 4.79 Å². The number of amides is 1. The number of carbonyl (C=O) groups is 1. The van der Waals surface area contributed by atoms with Crippen molar-refractivity contribution in [2.75, 3.05) is 25.5 Å². The normalized spacial score (nSPS) is 18.7. The Kier molecular flexibility index (Phi) is 4.66. The van der Waals surface area contributed by atoms with Gasteiger partial charge in [0, 0.05) is 20.1 Å². The van der Waals surface area contributed by atoms with Crippen molar-refractivity contribution in [2.45, 2.75) is 25.4 Å². The lowest BCUT2D eigenvalue weighted by molar-refractivity contribution is -0.121. The SMILES string of the molecule is CNCc1cccc(Cl)c1N1CCCC1C(=O)NC. The molecule has 1 saturated heterocycles. The maximum Gasteiger partial charge on any atom is 0.242 e. The van der Waals surface area contributed by atoms with Crippen LogP contribution in [0.15, 0.2) is 18.2 Å².